The Labute approximate surface area is 104 Å². The van der Waals surface area contributed by atoms with Crippen LogP contribution in [-0.2, 0) is 4.74 Å². The second-order valence-electron chi connectivity index (χ2n) is 4.53. The Kier molecular flexibility index (Phi) is 6.48. The third-order valence-corrected chi connectivity index (χ3v) is 2.47. The maximum Gasteiger partial charge on any atom is 0.142 e. The number of nitrogen functional groups attached to an aromatic ring is 1. The zero-order valence-electron chi connectivity index (χ0n) is 10.8. The molecule has 0 radical (unpaired) electrons. The summed E-state index contributed by atoms with van der Waals surface area (Å²) < 4.78 is 11.0. The van der Waals surface area contributed by atoms with Crippen LogP contribution in [0, 0.1) is 5.92 Å². The Hall–Kier alpha value is -1.22. The Bertz CT molecular complexity index is 313. The molecule has 0 aliphatic rings. The van der Waals surface area contributed by atoms with Crippen LogP contribution in [0.1, 0.15) is 26.7 Å². The molecule has 1 rings (SSSR count). The molecule has 0 spiro atoms. The minimum absolute atomic E-state index is 0.551. The first kappa shape index (κ1) is 13.8. The zero-order valence-corrected chi connectivity index (χ0v) is 10.8. The highest BCUT2D eigenvalue weighted by atomic mass is 16.5. The molecule has 0 unspecified atom stereocenters. The number of anilines is 1. The van der Waals surface area contributed by atoms with Gasteiger partial charge in [0.05, 0.1) is 12.3 Å². The van der Waals surface area contributed by atoms with Gasteiger partial charge in [0, 0.05) is 6.61 Å². The van der Waals surface area contributed by atoms with Crippen molar-refractivity contribution in [2.45, 2.75) is 26.7 Å². The summed E-state index contributed by atoms with van der Waals surface area (Å²) in [5.74, 6) is 1.48. The smallest absolute Gasteiger partial charge is 0.142 e. The van der Waals surface area contributed by atoms with Crippen molar-refractivity contribution < 1.29 is 9.47 Å². The number of ether oxygens (including phenoxy) is 2. The quantitative estimate of drug-likeness (QED) is 0.558. The lowest BCUT2D eigenvalue weighted by molar-refractivity contribution is 0.0960. The number of para-hydroxylation sites is 2. The van der Waals surface area contributed by atoms with Gasteiger partial charge in [0.15, 0.2) is 0 Å². The van der Waals surface area contributed by atoms with Gasteiger partial charge in [-0.1, -0.05) is 26.0 Å². The SMILES string of the molecule is CC(C)CCCOCCOc1ccccc1N. The first-order chi connectivity index (χ1) is 8.20. The number of hydrogen-bond donors (Lipinski definition) is 1. The Morgan fingerprint density at radius 3 is 2.59 bits per heavy atom. The van der Waals surface area contributed by atoms with Gasteiger partial charge >= 0.3 is 0 Å². The summed E-state index contributed by atoms with van der Waals surface area (Å²) in [6.07, 6.45) is 2.33. The highest BCUT2D eigenvalue weighted by Gasteiger charge is 1.98. The molecule has 1 aromatic rings. The summed E-state index contributed by atoms with van der Waals surface area (Å²) >= 11 is 0. The van der Waals surface area contributed by atoms with Gasteiger partial charge in [0.1, 0.15) is 12.4 Å². The number of rotatable bonds is 8. The molecule has 0 saturated carbocycles. The minimum Gasteiger partial charge on any atom is -0.489 e. The van der Waals surface area contributed by atoms with E-state index in [1.807, 2.05) is 24.3 Å². The topological polar surface area (TPSA) is 44.5 Å². The molecule has 0 fully saturated rings. The molecule has 0 aliphatic carbocycles. The van der Waals surface area contributed by atoms with Crippen LogP contribution in [0.2, 0.25) is 0 Å². The van der Waals surface area contributed by atoms with E-state index in [1.165, 1.54) is 6.42 Å². The van der Waals surface area contributed by atoms with Crippen LogP contribution < -0.4 is 10.5 Å². The second-order valence-corrected chi connectivity index (χ2v) is 4.53. The van der Waals surface area contributed by atoms with Crippen LogP contribution >= 0.6 is 0 Å². The zero-order chi connectivity index (χ0) is 12.5. The molecular weight excluding hydrogens is 214 g/mol. The predicted octanol–water partition coefficient (Wildman–Crippen LogP) is 3.10. The van der Waals surface area contributed by atoms with Crippen molar-refractivity contribution in [1.82, 2.24) is 0 Å². The molecule has 17 heavy (non-hydrogen) atoms. The van der Waals surface area contributed by atoms with Gasteiger partial charge < -0.3 is 15.2 Å². The average Bonchev–Trinajstić information content (AvgIpc) is 2.30. The molecule has 0 atom stereocenters. The molecule has 0 aliphatic heterocycles. The van der Waals surface area contributed by atoms with Crippen molar-refractivity contribution >= 4 is 5.69 Å². The molecule has 0 bridgehead atoms. The summed E-state index contributed by atoms with van der Waals surface area (Å²) in [6, 6.07) is 7.51. The van der Waals surface area contributed by atoms with E-state index in [-0.39, 0.29) is 0 Å². The Morgan fingerprint density at radius 2 is 1.88 bits per heavy atom. The van der Waals surface area contributed by atoms with E-state index >= 15 is 0 Å². The van der Waals surface area contributed by atoms with E-state index < -0.39 is 0 Å². The van der Waals surface area contributed by atoms with Gasteiger partial charge in [-0.05, 0) is 30.9 Å². The summed E-state index contributed by atoms with van der Waals surface area (Å²) in [7, 11) is 0. The molecule has 0 saturated heterocycles. The van der Waals surface area contributed by atoms with Crippen molar-refractivity contribution in [2.24, 2.45) is 5.92 Å². The standard InChI is InChI=1S/C14H23NO2/c1-12(2)6-5-9-16-10-11-17-14-8-4-3-7-13(14)15/h3-4,7-8,12H,5-6,9-11,15H2,1-2H3. The Balaban J connectivity index is 2.03. The molecule has 3 nitrogen and oxygen atoms in total. The van der Waals surface area contributed by atoms with E-state index in [9.17, 15) is 0 Å². The maximum atomic E-state index is 5.75. The van der Waals surface area contributed by atoms with Crippen molar-refractivity contribution in [2.75, 3.05) is 25.6 Å². The normalized spacial score (nSPS) is 10.8. The summed E-state index contributed by atoms with van der Waals surface area (Å²) in [5, 5.41) is 0. The van der Waals surface area contributed by atoms with E-state index in [0.717, 1.165) is 24.7 Å². The van der Waals surface area contributed by atoms with E-state index in [2.05, 4.69) is 13.8 Å². The lowest BCUT2D eigenvalue weighted by Gasteiger charge is -2.09. The molecule has 1 aromatic carbocycles. The fourth-order valence-corrected chi connectivity index (χ4v) is 1.52. The van der Waals surface area contributed by atoms with Crippen LogP contribution in [0.4, 0.5) is 5.69 Å². The molecule has 0 amide bonds. The average molecular weight is 237 g/mol. The summed E-state index contributed by atoms with van der Waals surface area (Å²) in [6.45, 7) is 6.43. The van der Waals surface area contributed by atoms with Crippen LogP contribution in [0.5, 0.6) is 5.75 Å². The maximum absolute atomic E-state index is 5.75. The molecule has 2 N–H and O–H groups in total. The van der Waals surface area contributed by atoms with Gasteiger partial charge in [0.2, 0.25) is 0 Å². The number of hydrogen-bond acceptors (Lipinski definition) is 3. The van der Waals surface area contributed by atoms with Gasteiger partial charge in [0.25, 0.3) is 0 Å². The van der Waals surface area contributed by atoms with E-state index in [1.54, 1.807) is 0 Å². The van der Waals surface area contributed by atoms with Crippen LogP contribution in [0.3, 0.4) is 0 Å². The van der Waals surface area contributed by atoms with E-state index in [0.29, 0.717) is 18.9 Å². The molecule has 3 heteroatoms. The van der Waals surface area contributed by atoms with Gasteiger partial charge in [-0.2, -0.15) is 0 Å². The monoisotopic (exact) mass is 237 g/mol. The van der Waals surface area contributed by atoms with Crippen LogP contribution in [0.25, 0.3) is 0 Å². The highest BCUT2D eigenvalue weighted by molar-refractivity contribution is 5.51. The van der Waals surface area contributed by atoms with Gasteiger partial charge in [-0.25, -0.2) is 0 Å². The van der Waals surface area contributed by atoms with Gasteiger partial charge in [-0.15, -0.1) is 0 Å². The minimum atomic E-state index is 0.551. The van der Waals surface area contributed by atoms with Crippen molar-refractivity contribution in [3.8, 4) is 5.75 Å². The van der Waals surface area contributed by atoms with Crippen LogP contribution in [-0.4, -0.2) is 19.8 Å². The van der Waals surface area contributed by atoms with Crippen molar-refractivity contribution in [1.29, 1.82) is 0 Å². The number of nitrogens with two attached hydrogens (primary N) is 1. The van der Waals surface area contributed by atoms with Gasteiger partial charge in [-0.3, -0.25) is 0 Å². The second kappa shape index (κ2) is 7.96. The third-order valence-electron chi connectivity index (χ3n) is 2.47. The van der Waals surface area contributed by atoms with Crippen molar-refractivity contribution in [3.05, 3.63) is 24.3 Å². The van der Waals surface area contributed by atoms with Crippen LogP contribution in [0.15, 0.2) is 24.3 Å². The Morgan fingerprint density at radius 1 is 1.12 bits per heavy atom. The van der Waals surface area contributed by atoms with E-state index in [4.69, 9.17) is 15.2 Å². The lowest BCUT2D eigenvalue weighted by Crippen LogP contribution is -2.08. The largest absolute Gasteiger partial charge is 0.489 e. The predicted molar refractivity (Wildman–Crippen MR) is 71.2 cm³/mol. The number of benzene rings is 1. The molecule has 96 valence electrons. The molecular formula is C14H23NO2. The lowest BCUT2D eigenvalue weighted by atomic mass is 10.1. The fraction of sp³-hybridized carbons (Fsp3) is 0.571. The fourth-order valence-electron chi connectivity index (χ4n) is 1.52. The molecule has 0 heterocycles. The summed E-state index contributed by atoms with van der Waals surface area (Å²) in [5.41, 5.74) is 6.42. The first-order valence-corrected chi connectivity index (χ1v) is 6.25. The highest BCUT2D eigenvalue weighted by Crippen LogP contribution is 2.19. The molecule has 0 aromatic heterocycles. The first-order valence-electron chi connectivity index (χ1n) is 6.25. The third kappa shape index (κ3) is 6.17. The van der Waals surface area contributed by atoms with Crippen molar-refractivity contribution in [3.63, 3.8) is 0 Å². The summed E-state index contributed by atoms with van der Waals surface area (Å²) in [4.78, 5) is 0.